The molecule has 0 aliphatic heterocycles. The van der Waals surface area contributed by atoms with Gasteiger partial charge in [0.15, 0.2) is 0 Å². The molecule has 0 saturated heterocycles. The van der Waals surface area contributed by atoms with E-state index in [-0.39, 0.29) is 5.75 Å². The third kappa shape index (κ3) is 4.94. The molecule has 0 atom stereocenters. The zero-order valence-corrected chi connectivity index (χ0v) is 11.8. The van der Waals surface area contributed by atoms with E-state index < -0.39 is 0 Å². The van der Waals surface area contributed by atoms with Crippen LogP contribution >= 0.6 is 11.6 Å². The first kappa shape index (κ1) is 14.8. The van der Waals surface area contributed by atoms with Crippen LogP contribution in [-0.2, 0) is 6.54 Å². The minimum atomic E-state index is 0.271. The van der Waals surface area contributed by atoms with Crippen LogP contribution in [-0.4, -0.2) is 23.1 Å². The quantitative estimate of drug-likeness (QED) is 0.786. The molecule has 18 heavy (non-hydrogen) atoms. The van der Waals surface area contributed by atoms with Crippen molar-refractivity contribution in [1.29, 1.82) is 0 Å². The fourth-order valence-electron chi connectivity index (χ4n) is 1.85. The first-order chi connectivity index (χ1) is 8.38. The van der Waals surface area contributed by atoms with Crippen molar-refractivity contribution in [2.45, 2.75) is 20.4 Å². The summed E-state index contributed by atoms with van der Waals surface area (Å²) in [5, 5.41) is 10.5. The number of rotatable bonds is 6. The van der Waals surface area contributed by atoms with Crippen LogP contribution in [0.25, 0.3) is 0 Å². The lowest BCUT2D eigenvalue weighted by atomic mass is 10.1. The molecule has 0 bridgehead atoms. The molecule has 0 aliphatic rings. The molecule has 1 aromatic carbocycles. The number of benzene rings is 1. The molecule has 0 amide bonds. The Bertz CT molecular complexity index is 438. The van der Waals surface area contributed by atoms with E-state index >= 15 is 0 Å². The normalized spacial score (nSPS) is 10.7. The van der Waals surface area contributed by atoms with E-state index in [4.69, 9.17) is 11.6 Å². The number of hydrogen-bond acceptors (Lipinski definition) is 2. The molecule has 0 saturated carbocycles. The van der Waals surface area contributed by atoms with Crippen molar-refractivity contribution in [2.75, 3.05) is 13.1 Å². The van der Waals surface area contributed by atoms with Crippen molar-refractivity contribution < 1.29 is 5.11 Å². The smallest absolute Gasteiger partial charge is 0.120 e. The fraction of sp³-hybridized carbons (Fsp3) is 0.333. The molecular formula is C15H20ClNO. The van der Waals surface area contributed by atoms with Crippen molar-refractivity contribution in [1.82, 2.24) is 4.90 Å². The maximum absolute atomic E-state index is 9.82. The van der Waals surface area contributed by atoms with Crippen LogP contribution in [0.2, 0.25) is 5.02 Å². The number of phenols is 1. The second kappa shape index (κ2) is 6.62. The third-order valence-corrected chi connectivity index (χ3v) is 2.66. The van der Waals surface area contributed by atoms with E-state index in [1.165, 1.54) is 0 Å². The highest BCUT2D eigenvalue weighted by Gasteiger charge is 2.10. The van der Waals surface area contributed by atoms with E-state index in [0.717, 1.165) is 29.8 Å². The van der Waals surface area contributed by atoms with E-state index in [1.807, 2.05) is 13.8 Å². The molecule has 3 heteroatoms. The predicted octanol–water partition coefficient (Wildman–Crippen LogP) is 4.00. The van der Waals surface area contributed by atoms with Gasteiger partial charge in [0.05, 0.1) is 0 Å². The number of aromatic hydroxyl groups is 1. The van der Waals surface area contributed by atoms with Gasteiger partial charge in [0.2, 0.25) is 0 Å². The molecule has 1 N–H and O–H groups in total. The highest BCUT2D eigenvalue weighted by Crippen LogP contribution is 2.23. The zero-order valence-electron chi connectivity index (χ0n) is 11.0. The van der Waals surface area contributed by atoms with Crippen LogP contribution in [0.4, 0.5) is 0 Å². The van der Waals surface area contributed by atoms with Gasteiger partial charge < -0.3 is 5.11 Å². The van der Waals surface area contributed by atoms with Crippen LogP contribution in [0.15, 0.2) is 42.5 Å². The molecule has 98 valence electrons. The fourth-order valence-corrected chi connectivity index (χ4v) is 2.05. The molecule has 0 radical (unpaired) electrons. The Hall–Kier alpha value is -1.25. The second-order valence-corrected chi connectivity index (χ2v) is 5.27. The largest absolute Gasteiger partial charge is 0.508 e. The molecule has 1 aromatic rings. The summed E-state index contributed by atoms with van der Waals surface area (Å²) >= 11 is 5.95. The Morgan fingerprint density at radius 3 is 2.28 bits per heavy atom. The van der Waals surface area contributed by atoms with Crippen LogP contribution in [0.3, 0.4) is 0 Å². The van der Waals surface area contributed by atoms with Crippen molar-refractivity contribution in [3.8, 4) is 5.75 Å². The maximum Gasteiger partial charge on any atom is 0.120 e. The minimum absolute atomic E-state index is 0.271. The second-order valence-electron chi connectivity index (χ2n) is 4.83. The zero-order chi connectivity index (χ0) is 13.7. The van der Waals surface area contributed by atoms with Gasteiger partial charge in [0.1, 0.15) is 5.75 Å². The standard InChI is InChI=1S/C15H20ClNO/c1-11(2)8-17(9-12(3)4)10-13-7-14(16)5-6-15(13)18/h5-7,18H,1,3,8-10H2,2,4H3. The minimum Gasteiger partial charge on any atom is -0.508 e. The molecule has 0 unspecified atom stereocenters. The maximum atomic E-state index is 9.82. The van der Waals surface area contributed by atoms with E-state index in [2.05, 4.69) is 18.1 Å². The summed E-state index contributed by atoms with van der Waals surface area (Å²) in [7, 11) is 0. The summed E-state index contributed by atoms with van der Waals surface area (Å²) in [5.41, 5.74) is 2.99. The summed E-state index contributed by atoms with van der Waals surface area (Å²) in [6.07, 6.45) is 0. The SMILES string of the molecule is C=C(C)CN(CC(=C)C)Cc1cc(Cl)ccc1O. The van der Waals surface area contributed by atoms with E-state index in [1.54, 1.807) is 18.2 Å². The monoisotopic (exact) mass is 265 g/mol. The van der Waals surface area contributed by atoms with Crippen LogP contribution < -0.4 is 0 Å². The van der Waals surface area contributed by atoms with Crippen LogP contribution in [0, 0.1) is 0 Å². The molecule has 1 rings (SSSR count). The Labute approximate surface area is 114 Å². The number of hydrogen-bond donors (Lipinski definition) is 1. The molecule has 2 nitrogen and oxygen atoms in total. The van der Waals surface area contributed by atoms with Crippen molar-refractivity contribution in [3.05, 3.63) is 53.1 Å². The van der Waals surface area contributed by atoms with Crippen molar-refractivity contribution >= 4 is 11.6 Å². The molecule has 0 aromatic heterocycles. The first-order valence-corrected chi connectivity index (χ1v) is 6.25. The van der Waals surface area contributed by atoms with Gasteiger partial charge in [-0.3, -0.25) is 4.90 Å². The number of nitrogens with zero attached hydrogens (tertiary/aromatic N) is 1. The van der Waals surface area contributed by atoms with E-state index in [0.29, 0.717) is 11.6 Å². The Balaban J connectivity index is 2.84. The molecule has 0 aliphatic carbocycles. The Kier molecular flexibility index (Phi) is 5.45. The van der Waals surface area contributed by atoms with Gasteiger partial charge in [0, 0.05) is 30.2 Å². The molecule has 0 spiro atoms. The van der Waals surface area contributed by atoms with Crippen molar-refractivity contribution in [2.24, 2.45) is 0 Å². The summed E-state index contributed by atoms with van der Waals surface area (Å²) in [6.45, 7) is 14.0. The topological polar surface area (TPSA) is 23.5 Å². The average Bonchev–Trinajstić information content (AvgIpc) is 2.21. The number of phenolic OH excluding ortho intramolecular Hbond substituents is 1. The summed E-state index contributed by atoms with van der Waals surface area (Å²) < 4.78 is 0. The summed E-state index contributed by atoms with van der Waals surface area (Å²) in [4.78, 5) is 2.18. The third-order valence-electron chi connectivity index (χ3n) is 2.42. The molecule has 0 heterocycles. The summed E-state index contributed by atoms with van der Waals surface area (Å²) in [6, 6.07) is 5.10. The molecule has 0 fully saturated rings. The van der Waals surface area contributed by atoms with Crippen molar-refractivity contribution in [3.63, 3.8) is 0 Å². The Morgan fingerprint density at radius 2 is 1.78 bits per heavy atom. The van der Waals surface area contributed by atoms with Gasteiger partial charge in [-0.1, -0.05) is 35.9 Å². The van der Waals surface area contributed by atoms with Crippen LogP contribution in [0.5, 0.6) is 5.75 Å². The number of halogens is 1. The van der Waals surface area contributed by atoms with Gasteiger partial charge >= 0.3 is 0 Å². The first-order valence-electron chi connectivity index (χ1n) is 5.87. The van der Waals surface area contributed by atoms with Crippen LogP contribution in [0.1, 0.15) is 19.4 Å². The Morgan fingerprint density at radius 1 is 1.22 bits per heavy atom. The lowest BCUT2D eigenvalue weighted by molar-refractivity contribution is 0.307. The van der Waals surface area contributed by atoms with Gasteiger partial charge in [-0.15, -0.1) is 0 Å². The van der Waals surface area contributed by atoms with Gasteiger partial charge in [-0.2, -0.15) is 0 Å². The lowest BCUT2D eigenvalue weighted by Crippen LogP contribution is -2.26. The lowest BCUT2D eigenvalue weighted by Gasteiger charge is -2.23. The van der Waals surface area contributed by atoms with E-state index in [9.17, 15) is 5.11 Å². The predicted molar refractivity (Wildman–Crippen MR) is 78.0 cm³/mol. The highest BCUT2D eigenvalue weighted by atomic mass is 35.5. The summed E-state index contributed by atoms with van der Waals surface area (Å²) in [5.74, 6) is 0.271. The van der Waals surface area contributed by atoms with Gasteiger partial charge in [-0.05, 0) is 32.0 Å². The van der Waals surface area contributed by atoms with Gasteiger partial charge in [0.25, 0.3) is 0 Å². The van der Waals surface area contributed by atoms with Gasteiger partial charge in [-0.25, -0.2) is 0 Å². The molecular weight excluding hydrogens is 246 g/mol. The highest BCUT2D eigenvalue weighted by molar-refractivity contribution is 6.30. The average molecular weight is 266 g/mol.